The van der Waals surface area contributed by atoms with Crippen molar-refractivity contribution in [2.75, 3.05) is 0 Å². The number of para-hydroxylation sites is 1. The Kier molecular flexibility index (Phi) is 2.91. The number of fused-ring (bicyclic) bond motifs is 3. The molecule has 3 aromatic rings. The Morgan fingerprint density at radius 3 is 2.30 bits per heavy atom. The lowest BCUT2D eigenvalue weighted by Gasteiger charge is -2.30. The van der Waals surface area contributed by atoms with Gasteiger partial charge in [-0.15, -0.1) is 0 Å². The molecule has 4 rings (SSSR count). The van der Waals surface area contributed by atoms with Crippen molar-refractivity contribution < 1.29 is 18.3 Å². The van der Waals surface area contributed by atoms with Gasteiger partial charge in [-0.25, -0.2) is 4.39 Å². The highest BCUT2D eigenvalue weighted by atomic mass is 19.1. The minimum atomic E-state index is -0.505. The molecule has 0 aliphatic carbocycles. The molecule has 0 saturated carbocycles. The standard InChI is InChI=1S/C19H19FO3/c1-18(2)19(3,4)23-17(22-18)14-7-5-6-13-12-9-8-11(20)10-15(12)21-16(13)14/h5-10,17H,1-4H3. The topological polar surface area (TPSA) is 31.6 Å². The third kappa shape index (κ3) is 2.09. The zero-order valence-corrected chi connectivity index (χ0v) is 13.6. The van der Waals surface area contributed by atoms with Crippen LogP contribution in [-0.4, -0.2) is 11.2 Å². The lowest BCUT2D eigenvalue weighted by molar-refractivity contribution is -0.0890. The van der Waals surface area contributed by atoms with E-state index in [1.807, 2.05) is 45.9 Å². The summed E-state index contributed by atoms with van der Waals surface area (Å²) in [7, 11) is 0. The van der Waals surface area contributed by atoms with Gasteiger partial charge in [0.1, 0.15) is 17.0 Å². The van der Waals surface area contributed by atoms with Gasteiger partial charge in [0.25, 0.3) is 0 Å². The van der Waals surface area contributed by atoms with Crippen molar-refractivity contribution >= 4 is 21.9 Å². The highest BCUT2D eigenvalue weighted by Gasteiger charge is 2.50. The van der Waals surface area contributed by atoms with Gasteiger partial charge in [0.15, 0.2) is 6.29 Å². The van der Waals surface area contributed by atoms with Crippen molar-refractivity contribution in [2.24, 2.45) is 0 Å². The predicted octanol–water partition coefficient (Wildman–Crippen LogP) is 5.33. The van der Waals surface area contributed by atoms with Gasteiger partial charge in [-0.3, -0.25) is 0 Å². The number of furan rings is 1. The van der Waals surface area contributed by atoms with E-state index in [1.54, 1.807) is 6.07 Å². The van der Waals surface area contributed by atoms with Crippen LogP contribution in [0.25, 0.3) is 21.9 Å². The van der Waals surface area contributed by atoms with Crippen molar-refractivity contribution in [3.8, 4) is 0 Å². The number of hydrogen-bond donors (Lipinski definition) is 0. The normalized spacial score (nSPS) is 20.6. The van der Waals surface area contributed by atoms with Crippen LogP contribution in [0.5, 0.6) is 0 Å². The molecule has 0 unspecified atom stereocenters. The van der Waals surface area contributed by atoms with Gasteiger partial charge < -0.3 is 13.9 Å². The maximum absolute atomic E-state index is 13.5. The number of hydrogen-bond acceptors (Lipinski definition) is 3. The summed E-state index contributed by atoms with van der Waals surface area (Å²) in [6, 6.07) is 10.4. The second-order valence-electron chi connectivity index (χ2n) is 7.05. The van der Waals surface area contributed by atoms with Gasteiger partial charge in [0.05, 0.1) is 16.8 Å². The Bertz CT molecular complexity index is 892. The number of halogens is 1. The summed E-state index contributed by atoms with van der Waals surface area (Å²) in [6.45, 7) is 8.06. The molecule has 120 valence electrons. The molecule has 0 atom stereocenters. The zero-order valence-electron chi connectivity index (χ0n) is 13.6. The van der Waals surface area contributed by atoms with Crippen molar-refractivity contribution in [1.82, 2.24) is 0 Å². The van der Waals surface area contributed by atoms with E-state index >= 15 is 0 Å². The number of ether oxygens (including phenoxy) is 2. The molecule has 2 heterocycles. The first-order valence-corrected chi connectivity index (χ1v) is 7.75. The molecule has 2 aromatic carbocycles. The molecule has 0 N–H and O–H groups in total. The summed E-state index contributed by atoms with van der Waals surface area (Å²) in [5, 5.41) is 1.83. The quantitative estimate of drug-likeness (QED) is 0.608. The first-order chi connectivity index (χ1) is 10.8. The highest BCUT2D eigenvalue weighted by molar-refractivity contribution is 6.05. The van der Waals surface area contributed by atoms with Gasteiger partial charge in [-0.1, -0.05) is 18.2 Å². The lowest BCUT2D eigenvalue weighted by atomic mass is 9.90. The van der Waals surface area contributed by atoms with E-state index in [0.717, 1.165) is 16.3 Å². The molecular formula is C19H19FO3. The molecule has 23 heavy (non-hydrogen) atoms. The zero-order chi connectivity index (χ0) is 16.4. The van der Waals surface area contributed by atoms with E-state index < -0.39 is 17.5 Å². The highest BCUT2D eigenvalue weighted by Crippen LogP contribution is 2.46. The van der Waals surface area contributed by atoms with Gasteiger partial charge in [0, 0.05) is 16.8 Å². The minimum absolute atomic E-state index is 0.311. The van der Waals surface area contributed by atoms with E-state index in [9.17, 15) is 4.39 Å². The lowest BCUT2D eigenvalue weighted by Crippen LogP contribution is -2.41. The Hall–Kier alpha value is -1.91. The average Bonchev–Trinajstić information content (AvgIpc) is 2.92. The Balaban J connectivity index is 1.90. The fraction of sp³-hybridized carbons (Fsp3) is 0.368. The summed E-state index contributed by atoms with van der Waals surface area (Å²) >= 11 is 0. The van der Waals surface area contributed by atoms with E-state index in [0.29, 0.717) is 11.2 Å². The molecule has 1 fully saturated rings. The third-order valence-corrected chi connectivity index (χ3v) is 5.00. The van der Waals surface area contributed by atoms with Crippen LogP contribution in [0.2, 0.25) is 0 Å². The van der Waals surface area contributed by atoms with Crippen LogP contribution < -0.4 is 0 Å². The maximum atomic E-state index is 13.5. The van der Waals surface area contributed by atoms with Gasteiger partial charge >= 0.3 is 0 Å². The minimum Gasteiger partial charge on any atom is -0.455 e. The molecule has 1 aliphatic heterocycles. The molecule has 3 nitrogen and oxygen atoms in total. The first-order valence-electron chi connectivity index (χ1n) is 7.75. The maximum Gasteiger partial charge on any atom is 0.188 e. The summed E-state index contributed by atoms with van der Waals surface area (Å²) in [6.07, 6.45) is -0.505. The smallest absolute Gasteiger partial charge is 0.188 e. The second kappa shape index (κ2) is 4.56. The SMILES string of the molecule is CC1(C)OC(c2cccc3c2oc2cc(F)ccc23)OC1(C)C. The molecule has 4 heteroatoms. The van der Waals surface area contributed by atoms with Crippen LogP contribution in [0.3, 0.4) is 0 Å². The van der Waals surface area contributed by atoms with Crippen molar-refractivity contribution in [1.29, 1.82) is 0 Å². The third-order valence-electron chi connectivity index (χ3n) is 5.00. The van der Waals surface area contributed by atoms with E-state index in [1.165, 1.54) is 12.1 Å². The summed E-state index contributed by atoms with van der Waals surface area (Å²) in [4.78, 5) is 0. The monoisotopic (exact) mass is 314 g/mol. The Labute approximate surface area is 134 Å². The fourth-order valence-corrected chi connectivity index (χ4v) is 2.95. The second-order valence-corrected chi connectivity index (χ2v) is 7.05. The molecule has 0 bridgehead atoms. The molecule has 1 saturated heterocycles. The first kappa shape index (κ1) is 14.7. The van der Waals surface area contributed by atoms with Crippen LogP contribution in [-0.2, 0) is 9.47 Å². The summed E-state index contributed by atoms with van der Waals surface area (Å²) in [5.41, 5.74) is 1.21. The summed E-state index contributed by atoms with van der Waals surface area (Å²) < 4.78 is 31.6. The average molecular weight is 314 g/mol. The molecule has 0 amide bonds. The van der Waals surface area contributed by atoms with Crippen molar-refractivity contribution in [3.05, 3.63) is 47.8 Å². The molecule has 0 spiro atoms. The van der Waals surface area contributed by atoms with Gasteiger partial charge in [-0.2, -0.15) is 0 Å². The van der Waals surface area contributed by atoms with Crippen molar-refractivity contribution in [2.45, 2.75) is 45.2 Å². The Morgan fingerprint density at radius 1 is 0.913 bits per heavy atom. The molecular weight excluding hydrogens is 295 g/mol. The van der Waals surface area contributed by atoms with Crippen LogP contribution >= 0.6 is 0 Å². The van der Waals surface area contributed by atoms with Crippen LogP contribution in [0.1, 0.15) is 39.5 Å². The van der Waals surface area contributed by atoms with Crippen LogP contribution in [0.4, 0.5) is 4.39 Å². The molecule has 1 aliphatic rings. The van der Waals surface area contributed by atoms with Crippen LogP contribution in [0.15, 0.2) is 40.8 Å². The molecule has 1 aromatic heterocycles. The van der Waals surface area contributed by atoms with E-state index in [2.05, 4.69) is 0 Å². The summed E-state index contributed by atoms with van der Waals surface area (Å²) in [5.74, 6) is -0.311. The van der Waals surface area contributed by atoms with Gasteiger partial charge in [-0.05, 0) is 39.8 Å². The number of benzene rings is 2. The Morgan fingerprint density at radius 2 is 1.61 bits per heavy atom. The molecule has 0 radical (unpaired) electrons. The van der Waals surface area contributed by atoms with Crippen molar-refractivity contribution in [3.63, 3.8) is 0 Å². The van der Waals surface area contributed by atoms with E-state index in [4.69, 9.17) is 13.9 Å². The largest absolute Gasteiger partial charge is 0.455 e. The van der Waals surface area contributed by atoms with E-state index in [-0.39, 0.29) is 5.82 Å². The van der Waals surface area contributed by atoms with Gasteiger partial charge in [0.2, 0.25) is 0 Å². The number of rotatable bonds is 1. The van der Waals surface area contributed by atoms with Crippen LogP contribution in [0, 0.1) is 5.82 Å². The predicted molar refractivity (Wildman–Crippen MR) is 86.7 cm³/mol. The fourth-order valence-electron chi connectivity index (χ4n) is 2.95.